The van der Waals surface area contributed by atoms with Gasteiger partial charge in [0.25, 0.3) is 0 Å². The van der Waals surface area contributed by atoms with Crippen molar-refractivity contribution in [1.29, 1.82) is 0 Å². The van der Waals surface area contributed by atoms with Crippen LogP contribution >= 0.6 is 0 Å². The number of aromatic hydroxyl groups is 1. The van der Waals surface area contributed by atoms with E-state index in [1.807, 2.05) is 6.92 Å². The van der Waals surface area contributed by atoms with Crippen molar-refractivity contribution in [2.75, 3.05) is 0 Å². The standard InChI is InChI=1S/C10H12N2O2/c1-6-7(5-11)10(13)9(12-6)8-3-2-4-14-8/h2-4,12-13H,5,11H2,1H3. The molecule has 74 valence electrons. The predicted molar refractivity (Wildman–Crippen MR) is 52.8 cm³/mol. The van der Waals surface area contributed by atoms with Crippen LogP contribution in [0.3, 0.4) is 0 Å². The Kier molecular flexibility index (Phi) is 2.05. The van der Waals surface area contributed by atoms with Crippen molar-refractivity contribution in [3.05, 3.63) is 29.7 Å². The average Bonchev–Trinajstić information content (AvgIpc) is 2.74. The summed E-state index contributed by atoms with van der Waals surface area (Å²) in [5.41, 5.74) is 7.70. The Morgan fingerprint density at radius 2 is 2.36 bits per heavy atom. The van der Waals surface area contributed by atoms with E-state index in [4.69, 9.17) is 10.2 Å². The molecule has 0 saturated heterocycles. The van der Waals surface area contributed by atoms with Crippen LogP contribution in [0.5, 0.6) is 5.75 Å². The van der Waals surface area contributed by atoms with Crippen LogP contribution < -0.4 is 5.73 Å². The quantitative estimate of drug-likeness (QED) is 0.678. The van der Waals surface area contributed by atoms with E-state index in [9.17, 15) is 5.11 Å². The van der Waals surface area contributed by atoms with Crippen LogP contribution in [-0.4, -0.2) is 10.1 Å². The van der Waals surface area contributed by atoms with Gasteiger partial charge in [-0.15, -0.1) is 0 Å². The van der Waals surface area contributed by atoms with E-state index in [1.165, 1.54) is 0 Å². The topological polar surface area (TPSA) is 75.2 Å². The van der Waals surface area contributed by atoms with Crippen molar-refractivity contribution >= 4 is 0 Å². The molecule has 0 aliphatic heterocycles. The molecule has 0 radical (unpaired) electrons. The molecular formula is C10H12N2O2. The smallest absolute Gasteiger partial charge is 0.153 e. The molecule has 0 unspecified atom stereocenters. The van der Waals surface area contributed by atoms with Gasteiger partial charge in [0.05, 0.1) is 6.26 Å². The van der Waals surface area contributed by atoms with Gasteiger partial charge in [0.15, 0.2) is 5.76 Å². The van der Waals surface area contributed by atoms with Gasteiger partial charge in [0.1, 0.15) is 11.4 Å². The Morgan fingerprint density at radius 1 is 1.57 bits per heavy atom. The largest absolute Gasteiger partial charge is 0.505 e. The molecule has 2 aromatic rings. The van der Waals surface area contributed by atoms with Crippen LogP contribution in [-0.2, 0) is 6.54 Å². The highest BCUT2D eigenvalue weighted by atomic mass is 16.3. The zero-order valence-electron chi connectivity index (χ0n) is 7.87. The summed E-state index contributed by atoms with van der Waals surface area (Å²) >= 11 is 0. The number of aromatic nitrogens is 1. The van der Waals surface area contributed by atoms with Crippen LogP contribution in [0.15, 0.2) is 22.8 Å². The lowest BCUT2D eigenvalue weighted by atomic mass is 10.2. The predicted octanol–water partition coefficient (Wildman–Crippen LogP) is 1.75. The van der Waals surface area contributed by atoms with Crippen LogP contribution in [0.25, 0.3) is 11.5 Å². The molecule has 4 nitrogen and oxygen atoms in total. The average molecular weight is 192 g/mol. The maximum absolute atomic E-state index is 9.81. The van der Waals surface area contributed by atoms with Crippen LogP contribution in [0.4, 0.5) is 0 Å². The summed E-state index contributed by atoms with van der Waals surface area (Å²) in [6.45, 7) is 2.18. The summed E-state index contributed by atoms with van der Waals surface area (Å²) < 4.78 is 5.18. The normalized spacial score (nSPS) is 10.7. The van der Waals surface area contributed by atoms with Gasteiger partial charge in [-0.2, -0.15) is 0 Å². The van der Waals surface area contributed by atoms with Gasteiger partial charge in [-0.05, 0) is 19.1 Å². The van der Waals surface area contributed by atoms with Gasteiger partial charge in [0, 0.05) is 17.8 Å². The summed E-state index contributed by atoms with van der Waals surface area (Å²) in [5.74, 6) is 0.797. The first-order valence-electron chi connectivity index (χ1n) is 4.38. The van der Waals surface area contributed by atoms with Gasteiger partial charge in [0.2, 0.25) is 0 Å². The van der Waals surface area contributed by atoms with Crippen molar-refractivity contribution < 1.29 is 9.52 Å². The van der Waals surface area contributed by atoms with E-state index >= 15 is 0 Å². The molecule has 0 amide bonds. The lowest BCUT2D eigenvalue weighted by Gasteiger charge is -1.95. The Labute approximate surface area is 81.4 Å². The fraction of sp³-hybridized carbons (Fsp3) is 0.200. The van der Waals surface area contributed by atoms with E-state index in [2.05, 4.69) is 4.98 Å². The maximum Gasteiger partial charge on any atom is 0.153 e. The second kappa shape index (κ2) is 3.23. The maximum atomic E-state index is 9.81. The summed E-state index contributed by atoms with van der Waals surface area (Å²) in [5, 5.41) is 9.81. The van der Waals surface area contributed by atoms with Gasteiger partial charge in [-0.1, -0.05) is 0 Å². The lowest BCUT2D eigenvalue weighted by Crippen LogP contribution is -1.96. The van der Waals surface area contributed by atoms with Crippen molar-refractivity contribution in [3.8, 4) is 17.2 Å². The highest BCUT2D eigenvalue weighted by molar-refractivity contribution is 5.65. The summed E-state index contributed by atoms with van der Waals surface area (Å²) in [7, 11) is 0. The third kappa shape index (κ3) is 1.20. The monoisotopic (exact) mass is 192 g/mol. The fourth-order valence-corrected chi connectivity index (χ4v) is 1.50. The molecule has 4 N–H and O–H groups in total. The zero-order valence-corrected chi connectivity index (χ0v) is 7.87. The molecule has 0 saturated carbocycles. The van der Waals surface area contributed by atoms with Crippen molar-refractivity contribution in [2.24, 2.45) is 5.73 Å². The van der Waals surface area contributed by atoms with E-state index in [-0.39, 0.29) is 5.75 Å². The molecular weight excluding hydrogens is 180 g/mol. The van der Waals surface area contributed by atoms with E-state index in [1.54, 1.807) is 18.4 Å². The summed E-state index contributed by atoms with van der Waals surface area (Å²) in [4.78, 5) is 3.04. The van der Waals surface area contributed by atoms with Gasteiger partial charge in [-0.3, -0.25) is 0 Å². The minimum absolute atomic E-state index is 0.181. The summed E-state index contributed by atoms with van der Waals surface area (Å²) in [6, 6.07) is 3.55. The molecule has 0 aliphatic carbocycles. The minimum atomic E-state index is 0.181. The number of H-pyrrole nitrogens is 1. The SMILES string of the molecule is Cc1[nH]c(-c2ccco2)c(O)c1CN. The Balaban J connectivity index is 2.55. The number of nitrogens with two attached hydrogens (primary N) is 1. The van der Waals surface area contributed by atoms with Gasteiger partial charge >= 0.3 is 0 Å². The Bertz CT molecular complexity index is 429. The molecule has 2 rings (SSSR count). The highest BCUT2D eigenvalue weighted by Gasteiger charge is 2.15. The molecule has 0 fully saturated rings. The van der Waals surface area contributed by atoms with Gasteiger partial charge < -0.3 is 20.2 Å². The van der Waals surface area contributed by atoms with Crippen LogP contribution in [0.1, 0.15) is 11.3 Å². The second-order valence-corrected chi connectivity index (χ2v) is 3.13. The molecule has 14 heavy (non-hydrogen) atoms. The van der Waals surface area contributed by atoms with Crippen molar-refractivity contribution in [1.82, 2.24) is 4.98 Å². The van der Waals surface area contributed by atoms with Crippen molar-refractivity contribution in [2.45, 2.75) is 13.5 Å². The fourth-order valence-electron chi connectivity index (χ4n) is 1.50. The highest BCUT2D eigenvalue weighted by Crippen LogP contribution is 2.33. The number of hydrogen-bond acceptors (Lipinski definition) is 3. The molecule has 0 aliphatic rings. The first kappa shape index (κ1) is 8.90. The van der Waals surface area contributed by atoms with E-state index in [0.717, 1.165) is 11.3 Å². The third-order valence-corrected chi connectivity index (χ3v) is 2.26. The number of hydrogen-bond donors (Lipinski definition) is 3. The van der Waals surface area contributed by atoms with E-state index in [0.29, 0.717) is 18.0 Å². The number of nitrogens with one attached hydrogen (secondary N) is 1. The molecule has 4 heteroatoms. The third-order valence-electron chi connectivity index (χ3n) is 2.26. The zero-order chi connectivity index (χ0) is 10.1. The molecule has 0 bridgehead atoms. The molecule has 0 atom stereocenters. The van der Waals surface area contributed by atoms with Crippen molar-refractivity contribution in [3.63, 3.8) is 0 Å². The number of rotatable bonds is 2. The van der Waals surface area contributed by atoms with Crippen LogP contribution in [0.2, 0.25) is 0 Å². The first-order chi connectivity index (χ1) is 6.74. The first-order valence-corrected chi connectivity index (χ1v) is 4.38. The number of aromatic amines is 1. The van der Waals surface area contributed by atoms with Gasteiger partial charge in [-0.25, -0.2) is 0 Å². The number of aryl methyl sites for hydroxylation is 1. The molecule has 2 aromatic heterocycles. The van der Waals surface area contributed by atoms with E-state index < -0.39 is 0 Å². The minimum Gasteiger partial charge on any atom is -0.505 e. The lowest BCUT2D eigenvalue weighted by molar-refractivity contribution is 0.468. The molecule has 0 spiro atoms. The Morgan fingerprint density at radius 3 is 2.86 bits per heavy atom. The molecule has 0 aromatic carbocycles. The van der Waals surface area contributed by atoms with Crippen LogP contribution in [0, 0.1) is 6.92 Å². The molecule has 2 heterocycles. The number of furan rings is 1. The Hall–Kier alpha value is -1.68. The second-order valence-electron chi connectivity index (χ2n) is 3.13. The summed E-state index contributed by atoms with van der Waals surface area (Å²) in [6.07, 6.45) is 1.56.